The Bertz CT molecular complexity index is 355. The number of aryl methyl sites for hydroxylation is 1. The van der Waals surface area contributed by atoms with Crippen molar-refractivity contribution in [3.05, 3.63) is 33.8 Å². The molecule has 0 spiro atoms. The van der Waals surface area contributed by atoms with Gasteiger partial charge >= 0.3 is 0 Å². The molecule has 0 aromatic heterocycles. The molecule has 2 nitrogen and oxygen atoms in total. The van der Waals surface area contributed by atoms with Gasteiger partial charge in [0.15, 0.2) is 0 Å². The molecule has 17 heavy (non-hydrogen) atoms. The molecule has 0 fully saturated rings. The summed E-state index contributed by atoms with van der Waals surface area (Å²) in [5.41, 5.74) is 0.905. The third-order valence-corrected chi connectivity index (χ3v) is 3.35. The SMILES string of the molecule is CCCC(O)C(O)CCc1cc(Cl)ccc1Cl. The van der Waals surface area contributed by atoms with E-state index in [4.69, 9.17) is 23.2 Å². The summed E-state index contributed by atoms with van der Waals surface area (Å²) in [4.78, 5) is 0. The zero-order valence-electron chi connectivity index (χ0n) is 9.87. The first kappa shape index (κ1) is 14.8. The molecule has 2 N–H and O–H groups in total. The first-order chi connectivity index (χ1) is 8.04. The molecular weight excluding hydrogens is 259 g/mol. The number of halogens is 2. The molecule has 1 aromatic rings. The van der Waals surface area contributed by atoms with Crippen molar-refractivity contribution in [1.29, 1.82) is 0 Å². The molecule has 0 amide bonds. The minimum Gasteiger partial charge on any atom is -0.390 e. The highest BCUT2D eigenvalue weighted by Gasteiger charge is 2.15. The molecule has 96 valence electrons. The summed E-state index contributed by atoms with van der Waals surface area (Å²) in [6.45, 7) is 1.98. The fraction of sp³-hybridized carbons (Fsp3) is 0.538. The van der Waals surface area contributed by atoms with Crippen LogP contribution < -0.4 is 0 Å². The summed E-state index contributed by atoms with van der Waals surface area (Å²) in [5, 5.41) is 20.6. The molecule has 0 heterocycles. The molecule has 0 aliphatic heterocycles. The Morgan fingerprint density at radius 2 is 1.76 bits per heavy atom. The number of rotatable bonds is 6. The monoisotopic (exact) mass is 276 g/mol. The van der Waals surface area contributed by atoms with Crippen LogP contribution in [-0.2, 0) is 6.42 Å². The van der Waals surface area contributed by atoms with Gasteiger partial charge in [0, 0.05) is 10.0 Å². The Labute approximate surface area is 112 Å². The van der Waals surface area contributed by atoms with Gasteiger partial charge in [0.05, 0.1) is 12.2 Å². The van der Waals surface area contributed by atoms with Crippen LogP contribution in [0, 0.1) is 0 Å². The van der Waals surface area contributed by atoms with Crippen molar-refractivity contribution in [2.24, 2.45) is 0 Å². The van der Waals surface area contributed by atoms with Crippen molar-refractivity contribution in [2.75, 3.05) is 0 Å². The van der Waals surface area contributed by atoms with Gasteiger partial charge in [-0.3, -0.25) is 0 Å². The van der Waals surface area contributed by atoms with Gasteiger partial charge in [-0.25, -0.2) is 0 Å². The van der Waals surface area contributed by atoms with Crippen LogP contribution in [0.15, 0.2) is 18.2 Å². The van der Waals surface area contributed by atoms with Crippen molar-refractivity contribution in [3.8, 4) is 0 Å². The maximum Gasteiger partial charge on any atom is 0.0802 e. The van der Waals surface area contributed by atoms with Crippen LogP contribution in [0.1, 0.15) is 31.7 Å². The van der Waals surface area contributed by atoms with E-state index in [0.29, 0.717) is 29.3 Å². The van der Waals surface area contributed by atoms with Crippen molar-refractivity contribution >= 4 is 23.2 Å². The fourth-order valence-corrected chi connectivity index (χ4v) is 2.13. The quantitative estimate of drug-likeness (QED) is 0.836. The van der Waals surface area contributed by atoms with E-state index in [-0.39, 0.29) is 0 Å². The Kier molecular flexibility index (Phi) is 6.28. The highest BCUT2D eigenvalue weighted by molar-refractivity contribution is 6.33. The van der Waals surface area contributed by atoms with Gasteiger partial charge in [-0.05, 0) is 43.0 Å². The Balaban J connectivity index is 2.52. The van der Waals surface area contributed by atoms with Crippen molar-refractivity contribution < 1.29 is 10.2 Å². The molecule has 1 rings (SSSR count). The van der Waals surface area contributed by atoms with Crippen molar-refractivity contribution in [1.82, 2.24) is 0 Å². The van der Waals surface area contributed by atoms with Crippen LogP contribution >= 0.6 is 23.2 Å². The van der Waals surface area contributed by atoms with Gasteiger partial charge in [0.2, 0.25) is 0 Å². The Morgan fingerprint density at radius 3 is 2.41 bits per heavy atom. The third-order valence-electron chi connectivity index (χ3n) is 2.75. The maximum atomic E-state index is 9.74. The van der Waals surface area contributed by atoms with Crippen LogP contribution in [0.25, 0.3) is 0 Å². The van der Waals surface area contributed by atoms with Gasteiger partial charge in [0.25, 0.3) is 0 Å². The number of aliphatic hydroxyl groups is 2. The second kappa shape index (κ2) is 7.22. The standard InChI is InChI=1S/C13H18Cl2O2/c1-2-3-12(16)13(17)7-4-9-8-10(14)5-6-11(9)15/h5-6,8,12-13,16-17H,2-4,7H2,1H3. The van der Waals surface area contributed by atoms with Crippen LogP contribution in [0.5, 0.6) is 0 Å². The summed E-state index contributed by atoms with van der Waals surface area (Å²) in [6.07, 6.45) is 1.21. The van der Waals surface area contributed by atoms with E-state index in [2.05, 4.69) is 0 Å². The predicted octanol–water partition coefficient (Wildman–Crippen LogP) is 3.45. The number of hydrogen-bond acceptors (Lipinski definition) is 2. The smallest absolute Gasteiger partial charge is 0.0802 e. The summed E-state index contributed by atoms with van der Waals surface area (Å²) in [6, 6.07) is 5.27. The van der Waals surface area contributed by atoms with Crippen molar-refractivity contribution in [3.63, 3.8) is 0 Å². The molecular formula is C13H18Cl2O2. The molecule has 2 unspecified atom stereocenters. The Hall–Kier alpha value is -0.280. The van der Waals surface area contributed by atoms with Crippen LogP contribution in [0.2, 0.25) is 10.0 Å². The molecule has 2 atom stereocenters. The molecule has 0 saturated heterocycles. The van der Waals surface area contributed by atoms with E-state index in [1.54, 1.807) is 18.2 Å². The first-order valence-electron chi connectivity index (χ1n) is 5.84. The van der Waals surface area contributed by atoms with Gasteiger partial charge in [0.1, 0.15) is 0 Å². The topological polar surface area (TPSA) is 40.5 Å². The summed E-state index contributed by atoms with van der Waals surface area (Å²) >= 11 is 11.9. The van der Waals surface area contributed by atoms with E-state index in [9.17, 15) is 10.2 Å². The lowest BCUT2D eigenvalue weighted by atomic mass is 10.0. The molecule has 0 bridgehead atoms. The highest BCUT2D eigenvalue weighted by atomic mass is 35.5. The normalized spacial score (nSPS) is 14.6. The lowest BCUT2D eigenvalue weighted by Gasteiger charge is -2.17. The van der Waals surface area contributed by atoms with Crippen LogP contribution in [0.4, 0.5) is 0 Å². The van der Waals surface area contributed by atoms with E-state index in [0.717, 1.165) is 12.0 Å². The maximum absolute atomic E-state index is 9.74. The van der Waals surface area contributed by atoms with Gasteiger partial charge in [-0.1, -0.05) is 36.5 Å². The summed E-state index contributed by atoms with van der Waals surface area (Å²) < 4.78 is 0. The average Bonchev–Trinajstić information content (AvgIpc) is 2.30. The van der Waals surface area contributed by atoms with Gasteiger partial charge in [-0.15, -0.1) is 0 Å². The third kappa shape index (κ3) is 4.84. The first-order valence-corrected chi connectivity index (χ1v) is 6.60. The largest absolute Gasteiger partial charge is 0.390 e. The molecule has 1 aromatic carbocycles. The summed E-state index contributed by atoms with van der Waals surface area (Å²) in [7, 11) is 0. The zero-order chi connectivity index (χ0) is 12.8. The number of benzene rings is 1. The van der Waals surface area contributed by atoms with Crippen LogP contribution in [-0.4, -0.2) is 22.4 Å². The van der Waals surface area contributed by atoms with E-state index >= 15 is 0 Å². The number of aliphatic hydroxyl groups excluding tert-OH is 2. The molecule has 0 radical (unpaired) electrons. The van der Waals surface area contributed by atoms with E-state index in [1.165, 1.54) is 0 Å². The summed E-state index contributed by atoms with van der Waals surface area (Å²) in [5.74, 6) is 0. The molecule has 4 heteroatoms. The Morgan fingerprint density at radius 1 is 1.12 bits per heavy atom. The predicted molar refractivity (Wildman–Crippen MR) is 71.7 cm³/mol. The van der Waals surface area contributed by atoms with E-state index in [1.807, 2.05) is 6.92 Å². The second-order valence-corrected chi connectivity index (χ2v) is 5.04. The minimum atomic E-state index is -0.704. The lowest BCUT2D eigenvalue weighted by Crippen LogP contribution is -2.26. The average molecular weight is 277 g/mol. The van der Waals surface area contributed by atoms with E-state index < -0.39 is 12.2 Å². The zero-order valence-corrected chi connectivity index (χ0v) is 11.4. The number of hydrogen-bond donors (Lipinski definition) is 2. The second-order valence-electron chi connectivity index (χ2n) is 4.20. The van der Waals surface area contributed by atoms with Gasteiger partial charge < -0.3 is 10.2 Å². The van der Waals surface area contributed by atoms with Crippen LogP contribution in [0.3, 0.4) is 0 Å². The molecule has 0 aliphatic carbocycles. The van der Waals surface area contributed by atoms with Gasteiger partial charge in [-0.2, -0.15) is 0 Å². The molecule has 0 saturated carbocycles. The highest BCUT2D eigenvalue weighted by Crippen LogP contribution is 2.22. The molecule has 0 aliphatic rings. The fourth-order valence-electron chi connectivity index (χ4n) is 1.72. The lowest BCUT2D eigenvalue weighted by molar-refractivity contribution is 0.00981. The minimum absolute atomic E-state index is 0.487. The van der Waals surface area contributed by atoms with Crippen molar-refractivity contribution in [2.45, 2.75) is 44.8 Å².